The fraction of sp³-hybridized carbons (Fsp3) is 0.296. The first-order valence-corrected chi connectivity index (χ1v) is 14.0. The number of Topliss-reactive ketones (excluding diaryl/α,β-unsaturated/α-hetero) is 1. The molecule has 0 aliphatic heterocycles. The van der Waals surface area contributed by atoms with E-state index in [1.807, 2.05) is 6.92 Å². The molecule has 202 valence electrons. The third-order valence-electron chi connectivity index (χ3n) is 6.12. The number of nitrogens with two attached hydrogens (primary N) is 1. The van der Waals surface area contributed by atoms with E-state index in [4.69, 9.17) is 11.1 Å². The molecule has 0 saturated heterocycles. The van der Waals surface area contributed by atoms with Crippen LogP contribution >= 0.6 is 0 Å². The number of carbonyl (C=O) groups excluding carboxylic acids is 1. The van der Waals surface area contributed by atoms with Crippen molar-refractivity contribution < 1.29 is 22.7 Å². The highest BCUT2D eigenvalue weighted by Gasteiger charge is 2.23. The number of nitrogens with zero attached hydrogens (tertiary/aromatic N) is 2. The molecule has 0 amide bonds. The monoisotopic (exact) mass is 541 g/mol. The summed E-state index contributed by atoms with van der Waals surface area (Å²) in [4.78, 5) is 17.0. The molecular formula is C27H32FN5O4S. The zero-order valence-corrected chi connectivity index (χ0v) is 22.6. The Balaban J connectivity index is 2.16. The number of carbonyl (C=O) groups is 1. The number of anilines is 3. The summed E-state index contributed by atoms with van der Waals surface area (Å²) in [5, 5.41) is 21.4. The van der Waals surface area contributed by atoms with E-state index >= 15 is 0 Å². The molecule has 0 spiro atoms. The first-order chi connectivity index (χ1) is 17.9. The van der Waals surface area contributed by atoms with Crippen molar-refractivity contribution in [3.8, 4) is 17.0 Å². The number of benzene rings is 2. The van der Waals surface area contributed by atoms with Crippen molar-refractivity contribution in [1.82, 2.24) is 4.98 Å². The molecule has 1 aromatic heterocycles. The zero-order valence-electron chi connectivity index (χ0n) is 21.8. The maximum Gasteiger partial charge on any atom is 0.232 e. The van der Waals surface area contributed by atoms with Crippen molar-refractivity contribution in [2.75, 3.05) is 28.2 Å². The van der Waals surface area contributed by atoms with E-state index in [1.54, 1.807) is 38.1 Å². The second-order valence-corrected chi connectivity index (χ2v) is 10.6. The topological polar surface area (TPSA) is 149 Å². The summed E-state index contributed by atoms with van der Waals surface area (Å²) in [7, 11) is -3.54. The summed E-state index contributed by atoms with van der Waals surface area (Å²) in [5.74, 6) is -1.61. The second-order valence-electron chi connectivity index (χ2n) is 8.70. The maximum absolute atomic E-state index is 14.3. The van der Waals surface area contributed by atoms with E-state index in [9.17, 15) is 22.7 Å². The molecule has 0 saturated carbocycles. The summed E-state index contributed by atoms with van der Waals surface area (Å²) in [5.41, 5.74) is 8.66. The minimum Gasteiger partial charge on any atom is -0.505 e. The molecule has 0 radical (unpaired) electrons. The van der Waals surface area contributed by atoms with Gasteiger partial charge in [0.15, 0.2) is 17.3 Å². The predicted octanol–water partition coefficient (Wildman–Crippen LogP) is 4.48. The van der Waals surface area contributed by atoms with Crippen LogP contribution in [-0.2, 0) is 27.8 Å². The smallest absolute Gasteiger partial charge is 0.232 e. The van der Waals surface area contributed by atoms with Crippen molar-refractivity contribution in [2.24, 2.45) is 0 Å². The van der Waals surface area contributed by atoms with Gasteiger partial charge >= 0.3 is 0 Å². The maximum atomic E-state index is 14.3. The van der Waals surface area contributed by atoms with Crippen LogP contribution in [0.2, 0.25) is 0 Å². The van der Waals surface area contributed by atoms with Gasteiger partial charge in [-0.25, -0.2) is 17.8 Å². The molecule has 1 heterocycles. The van der Waals surface area contributed by atoms with E-state index in [0.717, 1.165) is 6.26 Å². The standard InChI is InChI=1S/C27H32FN5O4S/c1-5-16-12-24(35)19(28)13-18(16)21-14-20(29)25(26(30)23(34)6-2)27(32-21)31-15-17-10-8-9-11-22(17)33(7-3)38(4,36)37/h8-14,30,35H,5-7,15H2,1-4H3,(H3,29,31,32). The van der Waals surface area contributed by atoms with Gasteiger partial charge in [0, 0.05) is 30.8 Å². The van der Waals surface area contributed by atoms with E-state index in [1.165, 1.54) is 22.5 Å². The summed E-state index contributed by atoms with van der Waals surface area (Å²) in [6, 6.07) is 10.9. The Morgan fingerprint density at radius 3 is 2.45 bits per heavy atom. The largest absolute Gasteiger partial charge is 0.505 e. The number of rotatable bonds is 11. The summed E-state index contributed by atoms with van der Waals surface area (Å²) in [6.45, 7) is 5.54. The average molecular weight is 542 g/mol. The van der Waals surface area contributed by atoms with Crippen LogP contribution < -0.4 is 15.4 Å². The van der Waals surface area contributed by atoms with Gasteiger partial charge in [-0.3, -0.25) is 14.5 Å². The van der Waals surface area contributed by atoms with Gasteiger partial charge in [0.2, 0.25) is 10.0 Å². The van der Waals surface area contributed by atoms with Gasteiger partial charge in [-0.15, -0.1) is 0 Å². The Bertz CT molecular complexity index is 1490. The quantitative estimate of drug-likeness (QED) is 0.261. The number of hydrogen-bond donors (Lipinski definition) is 4. The van der Waals surface area contributed by atoms with Crippen LogP contribution in [0.4, 0.5) is 21.6 Å². The molecular weight excluding hydrogens is 509 g/mol. The number of para-hydroxylation sites is 1. The Morgan fingerprint density at radius 1 is 1.16 bits per heavy atom. The molecule has 3 rings (SSSR count). The van der Waals surface area contributed by atoms with Crippen LogP contribution in [0.15, 0.2) is 42.5 Å². The van der Waals surface area contributed by atoms with Gasteiger partial charge < -0.3 is 16.2 Å². The van der Waals surface area contributed by atoms with Crippen LogP contribution in [0.5, 0.6) is 5.75 Å². The van der Waals surface area contributed by atoms with Crippen molar-refractivity contribution in [2.45, 2.75) is 40.2 Å². The van der Waals surface area contributed by atoms with Gasteiger partial charge in [0.1, 0.15) is 11.5 Å². The van der Waals surface area contributed by atoms with Gasteiger partial charge in [0.25, 0.3) is 0 Å². The third kappa shape index (κ3) is 5.94. The van der Waals surface area contributed by atoms with Crippen LogP contribution in [0.3, 0.4) is 0 Å². The number of hydrogen-bond acceptors (Lipinski definition) is 8. The van der Waals surface area contributed by atoms with Crippen LogP contribution in [0.25, 0.3) is 11.3 Å². The first-order valence-electron chi connectivity index (χ1n) is 12.2. The van der Waals surface area contributed by atoms with Crippen LogP contribution in [0, 0.1) is 11.2 Å². The number of sulfonamides is 1. The number of aromatic nitrogens is 1. The lowest BCUT2D eigenvalue weighted by Gasteiger charge is -2.24. The number of aryl methyl sites for hydroxylation is 1. The number of phenolic OH excluding ortho intramolecular Hbond substituents is 1. The number of nitrogen functional groups attached to an aromatic ring is 1. The highest BCUT2D eigenvalue weighted by molar-refractivity contribution is 7.92. The van der Waals surface area contributed by atoms with E-state index in [-0.39, 0.29) is 42.3 Å². The molecule has 0 aliphatic rings. The average Bonchev–Trinajstić information content (AvgIpc) is 2.87. The summed E-state index contributed by atoms with van der Waals surface area (Å²) in [6.07, 6.45) is 1.70. The first kappa shape index (κ1) is 28.6. The SMILES string of the molecule is CCC(=O)C(=N)c1c(N)cc(-c2cc(F)c(O)cc2CC)nc1NCc1ccccc1N(CC)S(C)(=O)=O. The summed E-state index contributed by atoms with van der Waals surface area (Å²) < 4.78 is 40.3. The lowest BCUT2D eigenvalue weighted by atomic mass is 9.98. The number of halogens is 1. The highest BCUT2D eigenvalue weighted by atomic mass is 32.2. The van der Waals surface area contributed by atoms with Gasteiger partial charge in [-0.2, -0.15) is 0 Å². The number of ketones is 1. The minimum absolute atomic E-state index is 0.0886. The molecule has 11 heteroatoms. The fourth-order valence-electron chi connectivity index (χ4n) is 4.21. The lowest BCUT2D eigenvalue weighted by molar-refractivity contribution is -0.112. The normalized spacial score (nSPS) is 11.3. The molecule has 0 atom stereocenters. The minimum atomic E-state index is -3.54. The molecule has 2 aromatic carbocycles. The zero-order chi connectivity index (χ0) is 28.2. The Morgan fingerprint density at radius 2 is 1.84 bits per heavy atom. The van der Waals surface area contributed by atoms with Crippen molar-refractivity contribution in [3.05, 3.63) is 65.0 Å². The molecule has 0 bridgehead atoms. The molecule has 3 aromatic rings. The van der Waals surface area contributed by atoms with Crippen molar-refractivity contribution in [3.63, 3.8) is 0 Å². The van der Waals surface area contributed by atoms with Crippen molar-refractivity contribution >= 4 is 38.7 Å². The molecule has 0 unspecified atom stereocenters. The third-order valence-corrected chi connectivity index (χ3v) is 7.38. The number of pyridine rings is 1. The molecule has 5 N–H and O–H groups in total. The number of aromatic hydroxyl groups is 1. The Labute approximate surface area is 222 Å². The molecule has 38 heavy (non-hydrogen) atoms. The van der Waals surface area contributed by atoms with E-state index < -0.39 is 27.4 Å². The van der Waals surface area contributed by atoms with Crippen LogP contribution in [-0.4, -0.2) is 42.8 Å². The second kappa shape index (κ2) is 11.6. The lowest BCUT2D eigenvalue weighted by Crippen LogP contribution is -2.30. The fourth-order valence-corrected chi connectivity index (χ4v) is 5.22. The predicted molar refractivity (Wildman–Crippen MR) is 149 cm³/mol. The van der Waals surface area contributed by atoms with Gasteiger partial charge in [0.05, 0.1) is 23.2 Å². The van der Waals surface area contributed by atoms with Crippen LogP contribution in [0.1, 0.15) is 43.9 Å². The Hall–Kier alpha value is -3.99. The van der Waals surface area contributed by atoms with E-state index in [2.05, 4.69) is 10.3 Å². The Kier molecular flexibility index (Phi) is 8.72. The summed E-state index contributed by atoms with van der Waals surface area (Å²) >= 11 is 0. The van der Waals surface area contributed by atoms with E-state index in [0.29, 0.717) is 34.5 Å². The highest BCUT2D eigenvalue weighted by Crippen LogP contribution is 2.34. The van der Waals surface area contributed by atoms with Gasteiger partial charge in [-0.1, -0.05) is 32.0 Å². The molecule has 0 fully saturated rings. The van der Waals surface area contributed by atoms with Gasteiger partial charge in [-0.05, 0) is 48.7 Å². The molecule has 9 nitrogen and oxygen atoms in total. The number of phenols is 1. The van der Waals surface area contributed by atoms with Crippen molar-refractivity contribution in [1.29, 1.82) is 5.41 Å². The molecule has 0 aliphatic carbocycles. The number of nitrogens with one attached hydrogen (secondary N) is 2.